The average Bonchev–Trinajstić information content (AvgIpc) is 3.13. The first-order valence-corrected chi connectivity index (χ1v) is 8.18. The van der Waals surface area contributed by atoms with Crippen molar-refractivity contribution >= 4 is 11.6 Å². The largest absolute Gasteiger partial charge is 0.340 e. The van der Waals surface area contributed by atoms with Gasteiger partial charge in [0.25, 0.3) is 0 Å². The van der Waals surface area contributed by atoms with Crippen molar-refractivity contribution in [1.82, 2.24) is 20.4 Å². The molecule has 2 aromatic rings. The molecular formula is C16H20ClFN4O. The molecule has 0 amide bonds. The van der Waals surface area contributed by atoms with Gasteiger partial charge in [-0.25, -0.2) is 4.39 Å². The number of aromatic nitrogens is 2. The quantitative estimate of drug-likeness (QED) is 0.908. The lowest BCUT2D eigenvalue weighted by molar-refractivity contribution is 0.247. The number of hydrogen-bond acceptors (Lipinski definition) is 5. The SMILES string of the molecule is CCN1CC[C@H](NCc2noc(C)n2)[C@@H]1c1ccc(Cl)c(F)c1. The fraction of sp³-hybridized carbons (Fsp3) is 0.500. The van der Waals surface area contributed by atoms with Gasteiger partial charge < -0.3 is 9.84 Å². The summed E-state index contributed by atoms with van der Waals surface area (Å²) in [6.07, 6.45) is 0.986. The maximum absolute atomic E-state index is 13.8. The van der Waals surface area contributed by atoms with Crippen molar-refractivity contribution in [3.05, 3.63) is 46.3 Å². The summed E-state index contributed by atoms with van der Waals surface area (Å²) in [6, 6.07) is 5.37. The highest BCUT2D eigenvalue weighted by Crippen LogP contribution is 2.33. The molecule has 2 heterocycles. The Labute approximate surface area is 139 Å². The molecule has 23 heavy (non-hydrogen) atoms. The molecule has 1 aliphatic heterocycles. The molecule has 7 heteroatoms. The highest BCUT2D eigenvalue weighted by Gasteiger charge is 2.34. The number of halogens is 2. The van der Waals surface area contributed by atoms with E-state index in [2.05, 4.69) is 27.3 Å². The standard InChI is InChI=1S/C16H20ClFN4O/c1-3-22-7-6-14(19-9-15-20-10(2)23-21-15)16(22)11-4-5-12(17)13(18)8-11/h4-5,8,14,16,19H,3,6-7,9H2,1-2H3/t14-,16-/m0/s1. The Morgan fingerprint density at radius 3 is 2.96 bits per heavy atom. The Hall–Kier alpha value is -1.50. The van der Waals surface area contributed by atoms with Gasteiger partial charge in [-0.1, -0.05) is 29.7 Å². The number of nitrogens with one attached hydrogen (secondary N) is 1. The third-order valence-corrected chi connectivity index (χ3v) is 4.59. The van der Waals surface area contributed by atoms with Crippen molar-refractivity contribution in [2.24, 2.45) is 0 Å². The molecule has 2 atom stereocenters. The van der Waals surface area contributed by atoms with E-state index < -0.39 is 0 Å². The lowest BCUT2D eigenvalue weighted by Crippen LogP contribution is -2.36. The molecule has 1 aliphatic rings. The molecule has 5 nitrogen and oxygen atoms in total. The molecule has 0 spiro atoms. The van der Waals surface area contributed by atoms with E-state index in [9.17, 15) is 4.39 Å². The smallest absolute Gasteiger partial charge is 0.223 e. The average molecular weight is 339 g/mol. The number of likely N-dealkylation sites (N-methyl/N-ethyl adjacent to an activating group) is 1. The lowest BCUT2D eigenvalue weighted by atomic mass is 10.00. The zero-order chi connectivity index (χ0) is 16.4. The number of hydrogen-bond donors (Lipinski definition) is 1. The minimum Gasteiger partial charge on any atom is -0.340 e. The van der Waals surface area contributed by atoms with Crippen molar-refractivity contribution in [3.8, 4) is 0 Å². The second-order valence-electron chi connectivity index (χ2n) is 5.75. The van der Waals surface area contributed by atoms with E-state index >= 15 is 0 Å². The van der Waals surface area contributed by atoms with E-state index in [-0.39, 0.29) is 22.9 Å². The van der Waals surface area contributed by atoms with Gasteiger partial charge in [0.15, 0.2) is 5.82 Å². The summed E-state index contributed by atoms with van der Waals surface area (Å²) in [4.78, 5) is 6.54. The zero-order valence-corrected chi connectivity index (χ0v) is 14.0. The van der Waals surface area contributed by atoms with Crippen LogP contribution < -0.4 is 5.32 Å². The monoisotopic (exact) mass is 338 g/mol. The molecule has 1 aromatic carbocycles. The molecule has 1 saturated heterocycles. The number of aryl methyl sites for hydroxylation is 1. The molecule has 0 unspecified atom stereocenters. The Bertz CT molecular complexity index is 678. The minimum atomic E-state index is -0.375. The van der Waals surface area contributed by atoms with Gasteiger partial charge >= 0.3 is 0 Å². The Morgan fingerprint density at radius 2 is 2.30 bits per heavy atom. The highest BCUT2D eigenvalue weighted by molar-refractivity contribution is 6.30. The van der Waals surface area contributed by atoms with Gasteiger partial charge in [-0.3, -0.25) is 4.90 Å². The first-order valence-electron chi connectivity index (χ1n) is 7.80. The van der Waals surface area contributed by atoms with Gasteiger partial charge in [-0.05, 0) is 30.7 Å². The second kappa shape index (κ2) is 6.95. The van der Waals surface area contributed by atoms with Crippen LogP contribution in [0.3, 0.4) is 0 Å². The summed E-state index contributed by atoms with van der Waals surface area (Å²) >= 11 is 5.81. The molecule has 0 saturated carbocycles. The van der Waals surface area contributed by atoms with Crippen LogP contribution in [-0.2, 0) is 6.54 Å². The maximum atomic E-state index is 13.8. The van der Waals surface area contributed by atoms with Crippen molar-refractivity contribution in [2.75, 3.05) is 13.1 Å². The summed E-state index contributed by atoms with van der Waals surface area (Å²) in [6.45, 7) is 6.29. The fourth-order valence-corrected chi connectivity index (χ4v) is 3.32. The maximum Gasteiger partial charge on any atom is 0.223 e. The molecule has 1 fully saturated rings. The number of likely N-dealkylation sites (tertiary alicyclic amines) is 1. The first-order chi connectivity index (χ1) is 11.1. The van der Waals surface area contributed by atoms with Gasteiger partial charge in [-0.2, -0.15) is 4.98 Å². The highest BCUT2D eigenvalue weighted by atomic mass is 35.5. The van der Waals surface area contributed by atoms with E-state index in [1.165, 1.54) is 6.07 Å². The van der Waals surface area contributed by atoms with E-state index in [0.717, 1.165) is 25.1 Å². The third kappa shape index (κ3) is 3.54. The summed E-state index contributed by atoms with van der Waals surface area (Å²) in [5.41, 5.74) is 0.938. The predicted octanol–water partition coefficient (Wildman–Crippen LogP) is 3.10. The number of rotatable bonds is 5. The van der Waals surface area contributed by atoms with Crippen molar-refractivity contribution in [2.45, 2.75) is 38.9 Å². The number of benzene rings is 1. The zero-order valence-electron chi connectivity index (χ0n) is 13.2. The van der Waals surface area contributed by atoms with Crippen LogP contribution in [0.5, 0.6) is 0 Å². The van der Waals surface area contributed by atoms with Crippen LogP contribution in [0.15, 0.2) is 22.7 Å². The van der Waals surface area contributed by atoms with Crippen LogP contribution in [-0.4, -0.2) is 34.2 Å². The van der Waals surface area contributed by atoms with E-state index in [1.807, 2.05) is 6.07 Å². The molecular weight excluding hydrogens is 319 g/mol. The van der Waals surface area contributed by atoms with Crippen molar-refractivity contribution < 1.29 is 8.91 Å². The van der Waals surface area contributed by atoms with E-state index in [4.69, 9.17) is 16.1 Å². The third-order valence-electron chi connectivity index (χ3n) is 4.29. The predicted molar refractivity (Wildman–Crippen MR) is 85.7 cm³/mol. The summed E-state index contributed by atoms with van der Waals surface area (Å²) in [7, 11) is 0. The summed E-state index contributed by atoms with van der Waals surface area (Å²) in [5, 5.41) is 7.53. The molecule has 0 radical (unpaired) electrons. The van der Waals surface area contributed by atoms with Crippen LogP contribution in [0.4, 0.5) is 4.39 Å². The first kappa shape index (κ1) is 16.4. The number of nitrogens with zero attached hydrogens (tertiary/aromatic N) is 3. The van der Waals surface area contributed by atoms with Crippen LogP contribution in [0.1, 0.15) is 36.7 Å². The second-order valence-corrected chi connectivity index (χ2v) is 6.16. The van der Waals surface area contributed by atoms with E-state index in [1.54, 1.807) is 13.0 Å². The molecule has 0 aliphatic carbocycles. The topological polar surface area (TPSA) is 54.2 Å². The van der Waals surface area contributed by atoms with E-state index in [0.29, 0.717) is 18.3 Å². The normalized spacial score (nSPS) is 21.9. The molecule has 1 aromatic heterocycles. The molecule has 124 valence electrons. The van der Waals surface area contributed by atoms with Gasteiger partial charge in [0.2, 0.25) is 5.89 Å². The van der Waals surface area contributed by atoms with Crippen LogP contribution in [0.25, 0.3) is 0 Å². The molecule has 0 bridgehead atoms. The van der Waals surface area contributed by atoms with Crippen LogP contribution in [0.2, 0.25) is 5.02 Å². The van der Waals surface area contributed by atoms with Gasteiger partial charge in [-0.15, -0.1) is 0 Å². The summed E-state index contributed by atoms with van der Waals surface area (Å²) in [5.74, 6) is 0.817. The van der Waals surface area contributed by atoms with Gasteiger partial charge in [0.1, 0.15) is 5.82 Å². The Morgan fingerprint density at radius 1 is 1.48 bits per heavy atom. The van der Waals surface area contributed by atoms with Crippen molar-refractivity contribution in [1.29, 1.82) is 0 Å². The van der Waals surface area contributed by atoms with Gasteiger partial charge in [0.05, 0.1) is 17.6 Å². The van der Waals surface area contributed by atoms with Crippen LogP contribution >= 0.6 is 11.6 Å². The van der Waals surface area contributed by atoms with Crippen molar-refractivity contribution in [3.63, 3.8) is 0 Å². The molecule has 3 rings (SSSR count). The summed E-state index contributed by atoms with van der Waals surface area (Å²) < 4.78 is 18.8. The minimum absolute atomic E-state index is 0.111. The lowest BCUT2D eigenvalue weighted by Gasteiger charge is -2.28. The molecule has 1 N–H and O–H groups in total. The Balaban J connectivity index is 1.76. The Kier molecular flexibility index (Phi) is 4.94. The fourth-order valence-electron chi connectivity index (χ4n) is 3.20. The van der Waals surface area contributed by atoms with Gasteiger partial charge in [0, 0.05) is 19.5 Å². The van der Waals surface area contributed by atoms with Crippen LogP contribution in [0, 0.1) is 12.7 Å².